The fourth-order valence-electron chi connectivity index (χ4n) is 2.77. The van der Waals surface area contributed by atoms with E-state index in [2.05, 4.69) is 4.90 Å². The second kappa shape index (κ2) is 6.52. The number of nitro groups is 1. The molecular weight excluding hydrogens is 330 g/mol. The van der Waals surface area contributed by atoms with E-state index in [0.717, 1.165) is 0 Å². The molecule has 1 aromatic carbocycles. The van der Waals surface area contributed by atoms with Gasteiger partial charge in [-0.15, -0.1) is 0 Å². The molecule has 1 aliphatic rings. The van der Waals surface area contributed by atoms with Crippen molar-refractivity contribution in [1.29, 1.82) is 0 Å². The molecule has 1 fully saturated rings. The molecule has 0 spiro atoms. The Bertz CT molecular complexity index is 899. The summed E-state index contributed by atoms with van der Waals surface area (Å²) in [7, 11) is 3.28. The maximum absolute atomic E-state index is 12.6. The Morgan fingerprint density at radius 3 is 2.52 bits per heavy atom. The maximum Gasteiger partial charge on any atom is 0.349 e. The molecule has 9 heteroatoms. The highest BCUT2D eigenvalue weighted by molar-refractivity contribution is 5.98. The zero-order chi connectivity index (χ0) is 18.1. The second-order valence-electron chi connectivity index (χ2n) is 5.87. The number of methoxy groups -OCH3 is 1. The highest BCUT2D eigenvalue weighted by Gasteiger charge is 2.25. The monoisotopic (exact) mass is 347 g/mol. The van der Waals surface area contributed by atoms with Gasteiger partial charge in [0.15, 0.2) is 11.3 Å². The van der Waals surface area contributed by atoms with Crippen LogP contribution in [0.1, 0.15) is 10.4 Å². The molecule has 0 radical (unpaired) electrons. The molecule has 1 saturated heterocycles. The number of hydrogen-bond acceptors (Lipinski definition) is 7. The third kappa shape index (κ3) is 3.18. The first kappa shape index (κ1) is 16.9. The van der Waals surface area contributed by atoms with Gasteiger partial charge in [-0.1, -0.05) is 0 Å². The molecule has 2 aromatic rings. The van der Waals surface area contributed by atoms with E-state index in [1.165, 1.54) is 25.3 Å². The summed E-state index contributed by atoms with van der Waals surface area (Å²) in [6.07, 6.45) is 0. The van der Waals surface area contributed by atoms with Gasteiger partial charge in [-0.25, -0.2) is 4.79 Å². The van der Waals surface area contributed by atoms with Gasteiger partial charge in [0.1, 0.15) is 5.56 Å². The molecule has 3 rings (SSSR count). The lowest BCUT2D eigenvalue weighted by Crippen LogP contribution is -2.48. The summed E-state index contributed by atoms with van der Waals surface area (Å²) in [5, 5.41) is 11.3. The van der Waals surface area contributed by atoms with E-state index in [4.69, 9.17) is 9.15 Å². The topological polar surface area (TPSA) is 106 Å². The zero-order valence-electron chi connectivity index (χ0n) is 13.9. The van der Waals surface area contributed by atoms with E-state index >= 15 is 0 Å². The van der Waals surface area contributed by atoms with Crippen molar-refractivity contribution in [3.63, 3.8) is 0 Å². The summed E-state index contributed by atoms with van der Waals surface area (Å²) in [5.74, 6) is -0.367. The standard InChI is InChI=1S/C16H17N3O6/c1-17-3-5-18(6-4-17)15(20)12-8-10-7-11(19(22)23)9-13(24-2)14(10)25-16(12)21/h7-9H,3-6H2,1-2H3. The van der Waals surface area contributed by atoms with Crippen molar-refractivity contribution in [3.05, 3.63) is 44.3 Å². The lowest BCUT2D eigenvalue weighted by atomic mass is 10.1. The molecule has 2 heterocycles. The van der Waals surface area contributed by atoms with Crippen LogP contribution in [0.15, 0.2) is 27.4 Å². The molecule has 0 unspecified atom stereocenters. The van der Waals surface area contributed by atoms with Crippen LogP contribution in [-0.4, -0.2) is 61.0 Å². The Labute approximate surface area is 142 Å². The first-order chi connectivity index (χ1) is 11.9. The molecule has 0 atom stereocenters. The number of benzene rings is 1. The average Bonchev–Trinajstić information content (AvgIpc) is 2.60. The Hall–Kier alpha value is -2.94. The molecule has 1 aliphatic heterocycles. The smallest absolute Gasteiger partial charge is 0.349 e. The number of amides is 1. The Morgan fingerprint density at radius 2 is 1.92 bits per heavy atom. The minimum atomic E-state index is -0.788. The molecule has 0 saturated carbocycles. The Morgan fingerprint density at radius 1 is 1.24 bits per heavy atom. The quantitative estimate of drug-likeness (QED) is 0.465. The minimum Gasteiger partial charge on any atom is -0.493 e. The van der Waals surface area contributed by atoms with Crippen LogP contribution in [0.3, 0.4) is 0 Å². The number of carbonyl (C=O) groups excluding carboxylic acids is 1. The Kier molecular flexibility index (Phi) is 4.41. The molecule has 132 valence electrons. The first-order valence-electron chi connectivity index (χ1n) is 7.69. The molecule has 1 amide bonds. The van der Waals surface area contributed by atoms with Gasteiger partial charge in [-0.05, 0) is 13.1 Å². The van der Waals surface area contributed by atoms with E-state index in [-0.39, 0.29) is 28.0 Å². The van der Waals surface area contributed by atoms with E-state index in [0.29, 0.717) is 26.2 Å². The van der Waals surface area contributed by atoms with Gasteiger partial charge in [0.05, 0.1) is 18.1 Å². The minimum absolute atomic E-state index is 0.0693. The molecule has 1 aromatic heterocycles. The number of hydrogen-bond donors (Lipinski definition) is 0. The molecule has 0 bridgehead atoms. The number of likely N-dealkylation sites (N-methyl/N-ethyl adjacent to an activating group) is 1. The number of nitrogens with zero attached hydrogens (tertiary/aromatic N) is 3. The third-order valence-electron chi connectivity index (χ3n) is 4.23. The van der Waals surface area contributed by atoms with Crippen molar-refractivity contribution in [2.24, 2.45) is 0 Å². The summed E-state index contributed by atoms with van der Waals surface area (Å²) in [6, 6.07) is 3.76. The summed E-state index contributed by atoms with van der Waals surface area (Å²) in [4.78, 5) is 39.0. The molecule has 9 nitrogen and oxygen atoms in total. The van der Waals surface area contributed by atoms with Gasteiger partial charge in [-0.2, -0.15) is 0 Å². The number of ether oxygens (including phenoxy) is 1. The first-order valence-corrected chi connectivity index (χ1v) is 7.69. The summed E-state index contributed by atoms with van der Waals surface area (Å²) < 4.78 is 10.3. The number of nitro benzene ring substituents is 1. The van der Waals surface area contributed by atoms with Gasteiger partial charge >= 0.3 is 5.63 Å². The lowest BCUT2D eigenvalue weighted by molar-refractivity contribution is -0.384. The van der Waals surface area contributed by atoms with Gasteiger partial charge in [-0.3, -0.25) is 14.9 Å². The normalized spacial score (nSPS) is 15.4. The number of fused-ring (bicyclic) bond motifs is 1. The number of rotatable bonds is 3. The van der Waals surface area contributed by atoms with Crippen LogP contribution < -0.4 is 10.4 Å². The maximum atomic E-state index is 12.6. The Balaban J connectivity index is 2.07. The van der Waals surface area contributed by atoms with Crippen LogP contribution in [0.25, 0.3) is 11.0 Å². The molecule has 0 N–H and O–H groups in total. The van der Waals surface area contributed by atoms with Gasteiger partial charge < -0.3 is 19.0 Å². The van der Waals surface area contributed by atoms with Gasteiger partial charge in [0.2, 0.25) is 0 Å². The van der Waals surface area contributed by atoms with Crippen LogP contribution in [-0.2, 0) is 0 Å². The summed E-state index contributed by atoms with van der Waals surface area (Å²) in [6.45, 7) is 2.43. The van der Waals surface area contributed by atoms with Crippen LogP contribution in [0.4, 0.5) is 5.69 Å². The highest BCUT2D eigenvalue weighted by atomic mass is 16.6. The van der Waals surface area contributed by atoms with Crippen LogP contribution >= 0.6 is 0 Å². The van der Waals surface area contributed by atoms with Crippen molar-refractivity contribution in [2.45, 2.75) is 0 Å². The zero-order valence-corrected chi connectivity index (χ0v) is 13.9. The molecule has 25 heavy (non-hydrogen) atoms. The predicted octanol–water partition coefficient (Wildman–Crippen LogP) is 1.10. The van der Waals surface area contributed by atoms with Crippen molar-refractivity contribution < 1.29 is 18.9 Å². The average molecular weight is 347 g/mol. The van der Waals surface area contributed by atoms with E-state index in [1.54, 1.807) is 4.90 Å². The van der Waals surface area contributed by atoms with Crippen molar-refractivity contribution in [3.8, 4) is 5.75 Å². The summed E-state index contributed by atoms with van der Waals surface area (Å²) in [5.41, 5.74) is -1.06. The van der Waals surface area contributed by atoms with Gasteiger partial charge in [0, 0.05) is 37.6 Å². The van der Waals surface area contributed by atoms with E-state index in [9.17, 15) is 19.7 Å². The molecular formula is C16H17N3O6. The van der Waals surface area contributed by atoms with E-state index < -0.39 is 16.5 Å². The number of carbonyl (C=O) groups is 1. The fraction of sp³-hybridized carbons (Fsp3) is 0.375. The second-order valence-corrected chi connectivity index (χ2v) is 5.87. The summed E-state index contributed by atoms with van der Waals surface area (Å²) >= 11 is 0. The van der Waals surface area contributed by atoms with Crippen LogP contribution in [0.5, 0.6) is 5.75 Å². The van der Waals surface area contributed by atoms with E-state index in [1.807, 2.05) is 7.05 Å². The van der Waals surface area contributed by atoms with Crippen molar-refractivity contribution >= 4 is 22.6 Å². The highest BCUT2D eigenvalue weighted by Crippen LogP contribution is 2.30. The van der Waals surface area contributed by atoms with Crippen molar-refractivity contribution in [2.75, 3.05) is 40.3 Å². The van der Waals surface area contributed by atoms with Gasteiger partial charge in [0.25, 0.3) is 11.6 Å². The number of piperazine rings is 1. The SMILES string of the molecule is COc1cc([N+](=O)[O-])cc2cc(C(=O)N3CCN(C)CC3)c(=O)oc12. The van der Waals surface area contributed by atoms with Crippen molar-refractivity contribution in [1.82, 2.24) is 9.80 Å². The largest absolute Gasteiger partial charge is 0.493 e. The fourth-order valence-corrected chi connectivity index (χ4v) is 2.77. The molecule has 0 aliphatic carbocycles. The van der Waals surface area contributed by atoms with Crippen LogP contribution in [0.2, 0.25) is 0 Å². The predicted molar refractivity (Wildman–Crippen MR) is 89.1 cm³/mol. The number of non-ortho nitro benzene ring substituents is 1. The third-order valence-corrected chi connectivity index (χ3v) is 4.23. The van der Waals surface area contributed by atoms with Crippen LogP contribution in [0, 0.1) is 10.1 Å². The lowest BCUT2D eigenvalue weighted by Gasteiger charge is -2.32.